The van der Waals surface area contributed by atoms with Gasteiger partial charge in [-0.15, -0.1) is 0 Å². The predicted molar refractivity (Wildman–Crippen MR) is 60.6 cm³/mol. The zero-order valence-electron chi connectivity index (χ0n) is 8.53. The molecule has 1 aromatic heterocycles. The van der Waals surface area contributed by atoms with Gasteiger partial charge in [-0.3, -0.25) is 0 Å². The number of nitrogens with one attached hydrogen (secondary N) is 1. The molecule has 0 radical (unpaired) electrons. The topological polar surface area (TPSA) is 25.2 Å². The molecular weight excluding hydrogens is 194 g/mol. The van der Waals surface area contributed by atoms with Gasteiger partial charge in [-0.05, 0) is 49.4 Å². The maximum absolute atomic E-state index is 5.34. The summed E-state index contributed by atoms with van der Waals surface area (Å²) >= 11 is 2.07. The zero-order chi connectivity index (χ0) is 9.80. The van der Waals surface area contributed by atoms with E-state index in [0.29, 0.717) is 6.04 Å². The molecule has 0 aromatic carbocycles. The van der Waals surface area contributed by atoms with Crippen LogP contribution in [0.3, 0.4) is 0 Å². The predicted octanol–water partition coefficient (Wildman–Crippen LogP) is 2.68. The SMILES string of the molecule is C[C@@H](NCC1CCSC1)c1ccco1. The van der Waals surface area contributed by atoms with Crippen LogP contribution in [0, 0.1) is 5.92 Å². The van der Waals surface area contributed by atoms with E-state index in [-0.39, 0.29) is 0 Å². The van der Waals surface area contributed by atoms with Gasteiger partial charge in [0.2, 0.25) is 0 Å². The van der Waals surface area contributed by atoms with Crippen LogP contribution in [0.5, 0.6) is 0 Å². The standard InChI is InChI=1S/C11H17NOS/c1-9(11-3-2-5-13-11)12-7-10-4-6-14-8-10/h2-3,5,9-10,12H,4,6-8H2,1H3/t9-,10?/m1/s1. The highest BCUT2D eigenvalue weighted by Gasteiger charge is 2.16. The summed E-state index contributed by atoms with van der Waals surface area (Å²) in [6.45, 7) is 3.27. The number of rotatable bonds is 4. The van der Waals surface area contributed by atoms with Crippen LogP contribution in [0.1, 0.15) is 25.1 Å². The van der Waals surface area contributed by atoms with Crippen LogP contribution in [-0.4, -0.2) is 18.1 Å². The molecule has 0 spiro atoms. The molecule has 78 valence electrons. The van der Waals surface area contributed by atoms with Gasteiger partial charge < -0.3 is 9.73 Å². The van der Waals surface area contributed by atoms with Gasteiger partial charge in [0, 0.05) is 0 Å². The summed E-state index contributed by atoms with van der Waals surface area (Å²) in [5.41, 5.74) is 0. The van der Waals surface area contributed by atoms with E-state index < -0.39 is 0 Å². The molecule has 1 aliphatic rings. The smallest absolute Gasteiger partial charge is 0.120 e. The Kier molecular flexibility index (Phi) is 3.54. The molecule has 3 heteroatoms. The highest BCUT2D eigenvalue weighted by Crippen LogP contribution is 2.23. The average molecular weight is 211 g/mol. The first-order chi connectivity index (χ1) is 6.86. The second-order valence-electron chi connectivity index (χ2n) is 3.87. The van der Waals surface area contributed by atoms with Gasteiger partial charge in [-0.2, -0.15) is 11.8 Å². The normalized spacial score (nSPS) is 23.9. The van der Waals surface area contributed by atoms with E-state index >= 15 is 0 Å². The van der Waals surface area contributed by atoms with Crippen LogP contribution >= 0.6 is 11.8 Å². The number of hydrogen-bond acceptors (Lipinski definition) is 3. The summed E-state index contributed by atoms with van der Waals surface area (Å²) in [5.74, 6) is 4.55. The Labute approximate surface area is 89.4 Å². The largest absolute Gasteiger partial charge is 0.468 e. The molecule has 2 nitrogen and oxygen atoms in total. The first-order valence-corrected chi connectivity index (χ1v) is 6.36. The molecule has 1 N–H and O–H groups in total. The summed E-state index contributed by atoms with van der Waals surface area (Å²) in [6.07, 6.45) is 3.10. The second kappa shape index (κ2) is 4.89. The second-order valence-corrected chi connectivity index (χ2v) is 5.02. The van der Waals surface area contributed by atoms with Gasteiger partial charge in [0.1, 0.15) is 5.76 Å². The van der Waals surface area contributed by atoms with Gasteiger partial charge in [0.15, 0.2) is 0 Å². The lowest BCUT2D eigenvalue weighted by molar-refractivity contribution is 0.406. The van der Waals surface area contributed by atoms with E-state index in [1.165, 1.54) is 17.9 Å². The van der Waals surface area contributed by atoms with Crippen molar-refractivity contribution in [1.82, 2.24) is 5.32 Å². The minimum absolute atomic E-state index is 0.343. The highest BCUT2D eigenvalue weighted by molar-refractivity contribution is 7.99. The Hall–Kier alpha value is -0.410. The van der Waals surface area contributed by atoms with Gasteiger partial charge in [0.05, 0.1) is 12.3 Å². The van der Waals surface area contributed by atoms with Crippen LogP contribution in [-0.2, 0) is 0 Å². The third kappa shape index (κ3) is 2.55. The Morgan fingerprint density at radius 2 is 2.64 bits per heavy atom. The third-order valence-corrected chi connectivity index (χ3v) is 3.94. The highest BCUT2D eigenvalue weighted by atomic mass is 32.2. The van der Waals surface area contributed by atoms with Crippen molar-refractivity contribution in [3.63, 3.8) is 0 Å². The van der Waals surface area contributed by atoms with Crippen LogP contribution in [0.4, 0.5) is 0 Å². The Bertz CT molecular complexity index is 254. The summed E-state index contributed by atoms with van der Waals surface area (Å²) in [4.78, 5) is 0. The molecule has 14 heavy (non-hydrogen) atoms. The summed E-state index contributed by atoms with van der Waals surface area (Å²) in [6, 6.07) is 4.32. The summed E-state index contributed by atoms with van der Waals surface area (Å²) < 4.78 is 5.34. The quantitative estimate of drug-likeness (QED) is 0.829. The molecular formula is C11H17NOS. The average Bonchev–Trinajstić information content (AvgIpc) is 2.87. The van der Waals surface area contributed by atoms with Crippen molar-refractivity contribution in [1.29, 1.82) is 0 Å². The minimum Gasteiger partial charge on any atom is -0.468 e. The van der Waals surface area contributed by atoms with Crippen molar-refractivity contribution < 1.29 is 4.42 Å². The van der Waals surface area contributed by atoms with Gasteiger partial charge in [-0.1, -0.05) is 0 Å². The molecule has 0 aliphatic carbocycles. The molecule has 0 amide bonds. The van der Waals surface area contributed by atoms with Gasteiger partial charge in [-0.25, -0.2) is 0 Å². The summed E-state index contributed by atoms with van der Waals surface area (Å²) in [7, 11) is 0. The molecule has 1 fully saturated rings. The molecule has 1 unspecified atom stereocenters. The fourth-order valence-corrected chi connectivity index (χ4v) is 3.01. The maximum Gasteiger partial charge on any atom is 0.120 e. The third-order valence-electron chi connectivity index (χ3n) is 2.71. The lowest BCUT2D eigenvalue weighted by atomic mass is 10.1. The van der Waals surface area contributed by atoms with E-state index in [1.807, 2.05) is 12.1 Å². The Balaban J connectivity index is 1.74. The molecule has 1 aliphatic heterocycles. The van der Waals surface area contributed by atoms with Crippen molar-refractivity contribution in [2.75, 3.05) is 18.1 Å². The van der Waals surface area contributed by atoms with Crippen LogP contribution in [0.2, 0.25) is 0 Å². The summed E-state index contributed by atoms with van der Waals surface area (Å²) in [5, 5.41) is 3.52. The van der Waals surface area contributed by atoms with Crippen LogP contribution in [0.15, 0.2) is 22.8 Å². The Morgan fingerprint density at radius 3 is 3.29 bits per heavy atom. The van der Waals surface area contributed by atoms with E-state index in [4.69, 9.17) is 4.42 Å². The fourth-order valence-electron chi connectivity index (χ4n) is 1.73. The van der Waals surface area contributed by atoms with Crippen molar-refractivity contribution >= 4 is 11.8 Å². The van der Waals surface area contributed by atoms with Gasteiger partial charge in [0.25, 0.3) is 0 Å². The molecule has 0 saturated carbocycles. The molecule has 1 saturated heterocycles. The number of hydrogen-bond donors (Lipinski definition) is 1. The molecule has 2 heterocycles. The molecule has 2 atom stereocenters. The lowest BCUT2D eigenvalue weighted by Crippen LogP contribution is -2.25. The minimum atomic E-state index is 0.343. The number of furan rings is 1. The first-order valence-electron chi connectivity index (χ1n) is 5.21. The van der Waals surface area contributed by atoms with E-state index in [1.54, 1.807) is 6.26 Å². The van der Waals surface area contributed by atoms with E-state index in [0.717, 1.165) is 18.2 Å². The van der Waals surface area contributed by atoms with Crippen molar-refractivity contribution in [3.05, 3.63) is 24.2 Å². The van der Waals surface area contributed by atoms with E-state index in [9.17, 15) is 0 Å². The van der Waals surface area contributed by atoms with Crippen molar-refractivity contribution in [2.24, 2.45) is 5.92 Å². The van der Waals surface area contributed by atoms with Crippen molar-refractivity contribution in [2.45, 2.75) is 19.4 Å². The lowest BCUT2D eigenvalue weighted by Gasteiger charge is -2.14. The fraction of sp³-hybridized carbons (Fsp3) is 0.636. The van der Waals surface area contributed by atoms with Gasteiger partial charge >= 0.3 is 0 Å². The van der Waals surface area contributed by atoms with Crippen molar-refractivity contribution in [3.8, 4) is 0 Å². The molecule has 1 aromatic rings. The monoisotopic (exact) mass is 211 g/mol. The first kappa shape index (κ1) is 10.1. The maximum atomic E-state index is 5.34. The number of thioether (sulfide) groups is 1. The van der Waals surface area contributed by atoms with Crippen LogP contribution in [0.25, 0.3) is 0 Å². The Morgan fingerprint density at radius 1 is 1.71 bits per heavy atom. The molecule has 0 bridgehead atoms. The van der Waals surface area contributed by atoms with E-state index in [2.05, 4.69) is 24.0 Å². The molecule has 2 rings (SSSR count). The van der Waals surface area contributed by atoms with Crippen LogP contribution < -0.4 is 5.32 Å². The zero-order valence-corrected chi connectivity index (χ0v) is 9.35.